The van der Waals surface area contributed by atoms with Gasteiger partial charge in [-0.15, -0.1) is 11.3 Å². The molecular weight excluding hydrogens is 342 g/mol. The highest BCUT2D eigenvalue weighted by Gasteiger charge is 2.33. The minimum absolute atomic E-state index is 0.376. The summed E-state index contributed by atoms with van der Waals surface area (Å²) in [7, 11) is 2.04. The number of hydrogen-bond donors (Lipinski definition) is 0. The molecule has 6 heteroatoms. The molecule has 3 aromatic rings. The van der Waals surface area contributed by atoms with Crippen molar-refractivity contribution in [1.29, 1.82) is 0 Å². The van der Waals surface area contributed by atoms with E-state index in [1.165, 1.54) is 70.4 Å². The summed E-state index contributed by atoms with van der Waals surface area (Å²) in [5.41, 5.74) is 5.34. The molecule has 0 N–H and O–H groups in total. The minimum atomic E-state index is 0.376. The van der Waals surface area contributed by atoms with Gasteiger partial charge < -0.3 is 4.90 Å². The maximum absolute atomic E-state index is 4.81. The van der Waals surface area contributed by atoms with E-state index in [9.17, 15) is 0 Å². The molecule has 26 heavy (non-hydrogen) atoms. The Kier molecular flexibility index (Phi) is 3.78. The average molecular weight is 368 g/mol. The van der Waals surface area contributed by atoms with Crippen molar-refractivity contribution in [2.75, 3.05) is 11.4 Å². The zero-order chi connectivity index (χ0) is 17.8. The van der Waals surface area contributed by atoms with Gasteiger partial charge in [0.25, 0.3) is 0 Å². The molecule has 1 aliphatic heterocycles. The van der Waals surface area contributed by atoms with Crippen LogP contribution in [-0.2, 0) is 19.9 Å². The van der Waals surface area contributed by atoms with E-state index in [1.54, 1.807) is 6.33 Å². The molecule has 1 unspecified atom stereocenters. The van der Waals surface area contributed by atoms with Gasteiger partial charge in [-0.05, 0) is 57.9 Å². The lowest BCUT2D eigenvalue weighted by Crippen LogP contribution is -2.25. The maximum atomic E-state index is 4.81. The first-order valence-electron chi connectivity index (χ1n) is 9.67. The van der Waals surface area contributed by atoms with Gasteiger partial charge in [-0.2, -0.15) is 5.10 Å². The van der Waals surface area contributed by atoms with Crippen LogP contribution in [0.3, 0.4) is 0 Å². The second-order valence-electron chi connectivity index (χ2n) is 7.65. The molecule has 0 radical (unpaired) electrons. The van der Waals surface area contributed by atoms with Gasteiger partial charge >= 0.3 is 0 Å². The number of aromatic nitrogens is 4. The third-order valence-electron chi connectivity index (χ3n) is 6.15. The Morgan fingerprint density at radius 2 is 1.96 bits per heavy atom. The summed E-state index contributed by atoms with van der Waals surface area (Å²) in [4.78, 5) is 14.7. The van der Waals surface area contributed by atoms with Crippen molar-refractivity contribution in [3.05, 3.63) is 33.7 Å². The van der Waals surface area contributed by atoms with E-state index in [1.807, 2.05) is 23.1 Å². The Morgan fingerprint density at radius 1 is 1.12 bits per heavy atom. The highest BCUT2D eigenvalue weighted by Crippen LogP contribution is 2.44. The predicted molar refractivity (Wildman–Crippen MR) is 106 cm³/mol. The molecule has 136 valence electrons. The van der Waals surface area contributed by atoms with Crippen LogP contribution < -0.4 is 4.90 Å². The topological polar surface area (TPSA) is 46.8 Å². The van der Waals surface area contributed by atoms with Gasteiger partial charge in [0.2, 0.25) is 0 Å². The van der Waals surface area contributed by atoms with Gasteiger partial charge in [0.05, 0.1) is 17.1 Å². The second kappa shape index (κ2) is 6.05. The third kappa shape index (κ3) is 2.31. The fourth-order valence-electron chi connectivity index (χ4n) is 4.88. The lowest BCUT2D eigenvalue weighted by molar-refractivity contribution is 0.690. The zero-order valence-corrected chi connectivity index (χ0v) is 16.6. The van der Waals surface area contributed by atoms with Gasteiger partial charge in [-0.25, -0.2) is 9.97 Å². The van der Waals surface area contributed by atoms with Crippen LogP contribution >= 0.6 is 11.3 Å². The number of nitrogens with zero attached hydrogens (tertiary/aromatic N) is 5. The lowest BCUT2D eigenvalue weighted by Gasteiger charge is -2.27. The van der Waals surface area contributed by atoms with Gasteiger partial charge in [0, 0.05) is 29.7 Å². The smallest absolute Gasteiger partial charge is 0.141 e. The number of anilines is 1. The highest BCUT2D eigenvalue weighted by molar-refractivity contribution is 7.19. The molecule has 0 spiro atoms. The number of aryl methyl sites for hydroxylation is 4. The average Bonchev–Trinajstić information content (AvgIpc) is 3.31. The standard InChI is InChI=1S/C20H25N5S/c1-12-17(13(2)24(3)23-12)15-8-6-10-25(15)19-18-14-7-4-5-9-16(14)26-20(18)22-11-21-19/h11,15H,4-10H2,1-3H3. The van der Waals surface area contributed by atoms with Crippen molar-refractivity contribution in [1.82, 2.24) is 19.7 Å². The van der Waals surface area contributed by atoms with Crippen LogP contribution in [-0.4, -0.2) is 26.3 Å². The van der Waals surface area contributed by atoms with Crippen molar-refractivity contribution in [3.8, 4) is 0 Å². The number of rotatable bonds is 2. The molecule has 0 bridgehead atoms. The summed E-state index contributed by atoms with van der Waals surface area (Å²) in [6.45, 7) is 5.39. The molecule has 1 atom stereocenters. The monoisotopic (exact) mass is 367 g/mol. The van der Waals surface area contributed by atoms with Crippen LogP contribution in [0.4, 0.5) is 5.82 Å². The summed E-state index contributed by atoms with van der Waals surface area (Å²) in [6.07, 6.45) is 9.12. The van der Waals surface area contributed by atoms with Crippen LogP contribution in [0.2, 0.25) is 0 Å². The summed E-state index contributed by atoms with van der Waals surface area (Å²) < 4.78 is 2.02. The minimum Gasteiger partial charge on any atom is -0.349 e. The van der Waals surface area contributed by atoms with Crippen LogP contribution in [0, 0.1) is 13.8 Å². The number of thiophene rings is 1. The molecular formula is C20H25N5S. The Morgan fingerprint density at radius 3 is 2.77 bits per heavy atom. The fraction of sp³-hybridized carbons (Fsp3) is 0.550. The molecule has 0 saturated carbocycles. The Balaban J connectivity index is 1.66. The van der Waals surface area contributed by atoms with E-state index < -0.39 is 0 Å². The first kappa shape index (κ1) is 16.2. The lowest BCUT2D eigenvalue weighted by atomic mass is 9.96. The Labute approximate surface area is 158 Å². The Hall–Kier alpha value is -1.95. The summed E-state index contributed by atoms with van der Waals surface area (Å²) in [5, 5.41) is 6.00. The van der Waals surface area contributed by atoms with Crippen molar-refractivity contribution in [2.24, 2.45) is 7.05 Å². The normalized spacial score (nSPS) is 20.1. The van der Waals surface area contributed by atoms with E-state index in [0.29, 0.717) is 6.04 Å². The number of hydrogen-bond acceptors (Lipinski definition) is 5. The van der Waals surface area contributed by atoms with Crippen LogP contribution in [0.1, 0.15) is 59.1 Å². The van der Waals surface area contributed by atoms with Crippen LogP contribution in [0.5, 0.6) is 0 Å². The van der Waals surface area contributed by atoms with E-state index in [-0.39, 0.29) is 0 Å². The van der Waals surface area contributed by atoms with Gasteiger partial charge in [-0.1, -0.05) is 0 Å². The highest BCUT2D eigenvalue weighted by atomic mass is 32.1. The maximum Gasteiger partial charge on any atom is 0.141 e. The summed E-state index contributed by atoms with van der Waals surface area (Å²) in [6, 6.07) is 0.376. The first-order valence-corrected chi connectivity index (χ1v) is 10.5. The van der Waals surface area contributed by atoms with Crippen LogP contribution in [0.15, 0.2) is 6.33 Å². The molecule has 3 aromatic heterocycles. The van der Waals surface area contributed by atoms with Crippen molar-refractivity contribution < 1.29 is 0 Å². The molecule has 2 aliphatic rings. The quantitative estimate of drug-likeness (QED) is 0.679. The SMILES string of the molecule is Cc1nn(C)c(C)c1C1CCCN1c1ncnc2sc3c(c12)CCCC3. The fourth-order valence-corrected chi connectivity index (χ4v) is 6.11. The van der Waals surface area contributed by atoms with Crippen LogP contribution in [0.25, 0.3) is 10.2 Å². The Bertz CT molecular complexity index is 986. The van der Waals surface area contributed by atoms with Gasteiger partial charge in [0.15, 0.2) is 0 Å². The molecule has 0 amide bonds. The third-order valence-corrected chi connectivity index (χ3v) is 7.35. The summed E-state index contributed by atoms with van der Waals surface area (Å²) in [5.74, 6) is 1.15. The largest absolute Gasteiger partial charge is 0.349 e. The summed E-state index contributed by atoms with van der Waals surface area (Å²) >= 11 is 1.89. The first-order chi connectivity index (χ1) is 12.6. The molecule has 1 aliphatic carbocycles. The number of fused-ring (bicyclic) bond motifs is 3. The van der Waals surface area contributed by atoms with E-state index in [4.69, 9.17) is 4.98 Å². The molecule has 5 rings (SSSR count). The second-order valence-corrected chi connectivity index (χ2v) is 8.73. The van der Waals surface area contributed by atoms with Crippen molar-refractivity contribution in [3.63, 3.8) is 0 Å². The van der Waals surface area contributed by atoms with E-state index >= 15 is 0 Å². The molecule has 5 nitrogen and oxygen atoms in total. The van der Waals surface area contributed by atoms with Crippen molar-refractivity contribution >= 4 is 27.4 Å². The molecule has 1 fully saturated rings. The van der Waals surface area contributed by atoms with Gasteiger partial charge in [-0.3, -0.25) is 4.68 Å². The zero-order valence-electron chi connectivity index (χ0n) is 15.7. The predicted octanol–water partition coefficient (Wildman–Crippen LogP) is 4.26. The van der Waals surface area contributed by atoms with Crippen molar-refractivity contribution in [2.45, 2.75) is 58.4 Å². The molecule has 0 aromatic carbocycles. The molecule has 1 saturated heterocycles. The van der Waals surface area contributed by atoms with Gasteiger partial charge in [0.1, 0.15) is 17.0 Å². The van der Waals surface area contributed by atoms with E-state index in [0.717, 1.165) is 18.1 Å². The van der Waals surface area contributed by atoms with E-state index in [2.05, 4.69) is 28.8 Å². The molecule has 4 heterocycles.